The normalized spacial score (nSPS) is 25.7. The van der Waals surface area contributed by atoms with Crippen LogP contribution in [-0.4, -0.2) is 16.9 Å². The van der Waals surface area contributed by atoms with E-state index in [2.05, 4.69) is 31.9 Å². The summed E-state index contributed by atoms with van der Waals surface area (Å²) < 4.78 is 11.5. The highest BCUT2D eigenvalue weighted by atomic mass is 28.4. The summed E-state index contributed by atoms with van der Waals surface area (Å²) in [5, 5.41) is 0. The number of allylic oxidation sites excluding steroid dienone is 2. The van der Waals surface area contributed by atoms with Crippen LogP contribution in [0.4, 0.5) is 0 Å². The Kier molecular flexibility index (Phi) is 2.60. The summed E-state index contributed by atoms with van der Waals surface area (Å²) >= 11 is 0. The molecule has 0 radical (unpaired) electrons. The predicted octanol–water partition coefficient (Wildman–Crippen LogP) is 2.55. The van der Waals surface area contributed by atoms with Crippen LogP contribution in [-0.2, 0) is 8.54 Å². The molecule has 0 spiro atoms. The Balaban J connectivity index is 2.82. The van der Waals surface area contributed by atoms with E-state index in [9.17, 15) is 0 Å². The number of hydrogen-bond donors (Lipinski definition) is 0. The zero-order valence-corrected chi connectivity index (χ0v) is 10.1. The van der Waals surface area contributed by atoms with Gasteiger partial charge in [0.05, 0.1) is 6.26 Å². The molecule has 0 saturated carbocycles. The van der Waals surface area contributed by atoms with Gasteiger partial charge in [-0.3, -0.25) is 0 Å². The van der Waals surface area contributed by atoms with E-state index in [0.717, 1.165) is 0 Å². The topological polar surface area (TPSA) is 18.5 Å². The number of rotatable bonds is 0. The van der Waals surface area contributed by atoms with E-state index in [-0.39, 0.29) is 0 Å². The van der Waals surface area contributed by atoms with Crippen molar-refractivity contribution in [3.05, 3.63) is 24.1 Å². The van der Waals surface area contributed by atoms with Crippen molar-refractivity contribution in [3.63, 3.8) is 0 Å². The fourth-order valence-corrected chi connectivity index (χ4v) is 7.74. The second-order valence-corrected chi connectivity index (χ2v) is 11.3. The molecule has 0 amide bonds. The van der Waals surface area contributed by atoms with Crippen LogP contribution in [0.2, 0.25) is 26.2 Å². The van der Waals surface area contributed by atoms with Crippen LogP contribution < -0.4 is 0 Å². The first-order valence-corrected chi connectivity index (χ1v) is 9.94. The summed E-state index contributed by atoms with van der Waals surface area (Å²) in [6.07, 6.45) is 5.67. The van der Waals surface area contributed by atoms with Gasteiger partial charge >= 0.3 is 8.56 Å². The highest BCUT2D eigenvalue weighted by Gasteiger charge is 2.34. The lowest BCUT2D eigenvalue weighted by molar-refractivity contribution is 0.354. The summed E-state index contributed by atoms with van der Waals surface area (Å²) in [6.45, 7) is 8.51. The van der Waals surface area contributed by atoms with Crippen LogP contribution in [0, 0.1) is 0 Å². The maximum absolute atomic E-state index is 5.98. The minimum atomic E-state index is -1.88. The van der Waals surface area contributed by atoms with E-state index >= 15 is 0 Å². The third-order valence-corrected chi connectivity index (χ3v) is 7.32. The van der Waals surface area contributed by atoms with Crippen LogP contribution in [0.25, 0.3) is 0 Å². The van der Waals surface area contributed by atoms with Crippen molar-refractivity contribution >= 4 is 16.9 Å². The molecular weight excluding hydrogens is 184 g/mol. The summed E-state index contributed by atoms with van der Waals surface area (Å²) in [5.74, 6) is 0. The lowest BCUT2D eigenvalue weighted by Crippen LogP contribution is -2.45. The first-order chi connectivity index (χ1) is 5.41. The minimum Gasteiger partial charge on any atom is -0.527 e. The van der Waals surface area contributed by atoms with Crippen LogP contribution >= 0.6 is 0 Å². The summed E-state index contributed by atoms with van der Waals surface area (Å²) in [6, 6.07) is 0. The van der Waals surface area contributed by atoms with Gasteiger partial charge in [-0.2, -0.15) is 0 Å². The van der Waals surface area contributed by atoms with Crippen molar-refractivity contribution < 1.29 is 8.54 Å². The van der Waals surface area contributed by atoms with E-state index in [1.165, 1.54) is 0 Å². The van der Waals surface area contributed by atoms with Gasteiger partial charge in [0, 0.05) is 0 Å². The first kappa shape index (κ1) is 9.76. The molecule has 0 bridgehead atoms. The lowest BCUT2D eigenvalue weighted by atomic mass is 10.6. The third-order valence-electron chi connectivity index (χ3n) is 1.55. The highest BCUT2D eigenvalue weighted by Crippen LogP contribution is 2.18. The lowest BCUT2D eigenvalue weighted by Gasteiger charge is -2.31. The van der Waals surface area contributed by atoms with Crippen LogP contribution in [0.5, 0.6) is 0 Å². The molecule has 0 saturated heterocycles. The van der Waals surface area contributed by atoms with Gasteiger partial charge in [0.15, 0.2) is 0 Å². The Morgan fingerprint density at radius 3 is 2.33 bits per heavy atom. The Bertz CT molecular complexity index is 219. The van der Waals surface area contributed by atoms with Crippen LogP contribution in [0.15, 0.2) is 24.1 Å². The molecule has 1 heterocycles. The fourth-order valence-electron chi connectivity index (χ4n) is 1.23. The van der Waals surface area contributed by atoms with Crippen molar-refractivity contribution in [2.75, 3.05) is 0 Å². The number of hydrogen-bond acceptors (Lipinski definition) is 2. The van der Waals surface area contributed by atoms with Gasteiger partial charge in [-0.25, -0.2) is 0 Å². The van der Waals surface area contributed by atoms with Crippen molar-refractivity contribution in [2.24, 2.45) is 0 Å². The van der Waals surface area contributed by atoms with Crippen LogP contribution in [0.1, 0.15) is 0 Å². The van der Waals surface area contributed by atoms with Crippen molar-refractivity contribution in [2.45, 2.75) is 26.2 Å². The predicted molar refractivity (Wildman–Crippen MR) is 55.4 cm³/mol. The quantitative estimate of drug-likeness (QED) is 0.560. The van der Waals surface area contributed by atoms with Gasteiger partial charge in [-0.05, 0) is 32.3 Å². The third kappa shape index (κ3) is 2.96. The maximum Gasteiger partial charge on any atom is 0.381 e. The van der Waals surface area contributed by atoms with Crippen molar-refractivity contribution in [1.82, 2.24) is 0 Å². The van der Waals surface area contributed by atoms with E-state index in [1.807, 2.05) is 12.2 Å². The molecule has 0 atom stereocenters. The SMILES string of the molecule is C[Si]1(C)C=CC=CO[Si](C)(C)O1. The summed E-state index contributed by atoms with van der Waals surface area (Å²) in [4.78, 5) is 0. The molecule has 0 aromatic heterocycles. The molecule has 0 aliphatic carbocycles. The summed E-state index contributed by atoms with van der Waals surface area (Å²) in [5.41, 5.74) is 2.18. The van der Waals surface area contributed by atoms with Gasteiger partial charge in [0.1, 0.15) is 0 Å². The Morgan fingerprint density at radius 2 is 1.67 bits per heavy atom. The van der Waals surface area contributed by atoms with Gasteiger partial charge in [0.25, 0.3) is 0 Å². The zero-order valence-electron chi connectivity index (χ0n) is 8.13. The molecule has 0 N–H and O–H groups in total. The molecule has 2 nitrogen and oxygen atoms in total. The average molecular weight is 200 g/mol. The second kappa shape index (κ2) is 3.20. The second-order valence-electron chi connectivity index (χ2n) is 3.91. The maximum atomic E-state index is 5.98. The molecule has 0 aromatic rings. The minimum absolute atomic E-state index is 1.60. The molecule has 1 rings (SSSR count). The van der Waals surface area contributed by atoms with E-state index in [0.29, 0.717) is 0 Å². The van der Waals surface area contributed by atoms with E-state index in [4.69, 9.17) is 8.54 Å². The van der Waals surface area contributed by atoms with Gasteiger partial charge in [0.2, 0.25) is 8.32 Å². The van der Waals surface area contributed by atoms with E-state index in [1.54, 1.807) is 6.26 Å². The average Bonchev–Trinajstić information content (AvgIpc) is 1.80. The monoisotopic (exact) mass is 200 g/mol. The molecule has 0 fully saturated rings. The molecule has 0 aromatic carbocycles. The van der Waals surface area contributed by atoms with Crippen molar-refractivity contribution in [3.8, 4) is 0 Å². The van der Waals surface area contributed by atoms with Gasteiger partial charge in [-0.1, -0.05) is 11.8 Å². The summed E-state index contributed by atoms with van der Waals surface area (Å²) in [7, 11) is -3.49. The van der Waals surface area contributed by atoms with E-state index < -0.39 is 16.9 Å². The van der Waals surface area contributed by atoms with Crippen LogP contribution in [0.3, 0.4) is 0 Å². The van der Waals surface area contributed by atoms with Gasteiger partial charge in [-0.15, -0.1) is 0 Å². The molecular formula is C8H16O2Si2. The first-order valence-electron chi connectivity index (χ1n) is 4.14. The molecule has 1 aliphatic rings. The Labute approximate surface area is 76.3 Å². The zero-order chi connectivity index (χ0) is 9.24. The van der Waals surface area contributed by atoms with Gasteiger partial charge < -0.3 is 8.54 Å². The standard InChI is InChI=1S/C8H16O2Si2/c1-11(2)8-6-5-7-9-12(3,4)10-11/h5-8H,1-4H3. The molecule has 1 aliphatic heterocycles. The molecule has 12 heavy (non-hydrogen) atoms. The Morgan fingerprint density at radius 1 is 1.00 bits per heavy atom. The highest BCUT2D eigenvalue weighted by molar-refractivity contribution is 6.85. The molecule has 0 unspecified atom stereocenters. The van der Waals surface area contributed by atoms with Crippen molar-refractivity contribution in [1.29, 1.82) is 0 Å². The largest absolute Gasteiger partial charge is 0.527 e. The fraction of sp³-hybridized carbons (Fsp3) is 0.500. The smallest absolute Gasteiger partial charge is 0.381 e. The Hall–Kier alpha value is -0.326. The molecule has 4 heteroatoms. The molecule has 68 valence electrons.